The molecular formula is C15H24N4O2. The average Bonchev–Trinajstić information content (AvgIpc) is 2.50. The molecule has 0 aromatic carbocycles. The minimum Gasteiger partial charge on any atom is -0.352 e. The van der Waals surface area contributed by atoms with Gasteiger partial charge in [0.1, 0.15) is 0 Å². The lowest BCUT2D eigenvalue weighted by molar-refractivity contribution is -0.117. The minimum atomic E-state index is -0.0802. The molecule has 0 saturated carbocycles. The van der Waals surface area contributed by atoms with Crippen molar-refractivity contribution in [2.45, 2.75) is 25.8 Å². The van der Waals surface area contributed by atoms with Crippen molar-refractivity contribution in [2.75, 3.05) is 19.7 Å². The number of rotatable bonds is 9. The SMILES string of the molecule is C/C=C\C(=N)CNC1C=CC(C(=O)NCCCON)=CC1. The Labute approximate surface area is 125 Å². The molecule has 21 heavy (non-hydrogen) atoms. The Morgan fingerprint density at radius 2 is 2.43 bits per heavy atom. The summed E-state index contributed by atoms with van der Waals surface area (Å²) in [6.45, 7) is 3.39. The summed E-state index contributed by atoms with van der Waals surface area (Å²) in [6.07, 6.45) is 10.7. The Morgan fingerprint density at radius 1 is 1.62 bits per heavy atom. The van der Waals surface area contributed by atoms with Crippen LogP contribution in [-0.4, -0.2) is 37.4 Å². The van der Waals surface area contributed by atoms with Crippen LogP contribution in [0, 0.1) is 5.41 Å². The van der Waals surface area contributed by atoms with Crippen molar-refractivity contribution in [1.82, 2.24) is 10.6 Å². The quantitative estimate of drug-likeness (QED) is 0.287. The van der Waals surface area contributed by atoms with Gasteiger partial charge in [-0.25, -0.2) is 5.90 Å². The van der Waals surface area contributed by atoms with Crippen LogP contribution < -0.4 is 16.5 Å². The number of carbonyl (C=O) groups is 1. The number of hydrogen-bond donors (Lipinski definition) is 4. The second-order valence-electron chi connectivity index (χ2n) is 4.75. The molecule has 1 amide bonds. The van der Waals surface area contributed by atoms with Gasteiger partial charge in [0.2, 0.25) is 0 Å². The lowest BCUT2D eigenvalue weighted by Crippen LogP contribution is -2.33. The van der Waals surface area contributed by atoms with Crippen LogP contribution in [0.4, 0.5) is 0 Å². The Balaban J connectivity index is 2.29. The summed E-state index contributed by atoms with van der Waals surface area (Å²) in [4.78, 5) is 16.3. The highest BCUT2D eigenvalue weighted by Gasteiger charge is 2.12. The van der Waals surface area contributed by atoms with Crippen LogP contribution in [0.3, 0.4) is 0 Å². The lowest BCUT2D eigenvalue weighted by atomic mass is 10.0. The van der Waals surface area contributed by atoms with Gasteiger partial charge < -0.3 is 20.9 Å². The van der Waals surface area contributed by atoms with Crippen LogP contribution in [0.1, 0.15) is 19.8 Å². The molecule has 1 aliphatic carbocycles. The third kappa shape index (κ3) is 6.99. The maximum atomic E-state index is 11.9. The number of nitrogens with one attached hydrogen (secondary N) is 3. The predicted octanol–water partition coefficient (Wildman–Crippen LogP) is 0.823. The summed E-state index contributed by atoms with van der Waals surface area (Å²) in [5.41, 5.74) is 1.21. The molecule has 6 heteroatoms. The van der Waals surface area contributed by atoms with Crippen LogP contribution in [0.2, 0.25) is 0 Å². The fourth-order valence-electron chi connectivity index (χ4n) is 1.90. The van der Waals surface area contributed by atoms with Crippen LogP contribution in [0.5, 0.6) is 0 Å². The van der Waals surface area contributed by atoms with Crippen molar-refractivity contribution in [1.29, 1.82) is 5.41 Å². The average molecular weight is 292 g/mol. The van der Waals surface area contributed by atoms with Crippen molar-refractivity contribution >= 4 is 11.6 Å². The lowest BCUT2D eigenvalue weighted by Gasteiger charge is -2.17. The predicted molar refractivity (Wildman–Crippen MR) is 83.9 cm³/mol. The van der Waals surface area contributed by atoms with E-state index in [0.29, 0.717) is 37.4 Å². The first-order valence-electron chi connectivity index (χ1n) is 7.09. The molecule has 0 heterocycles. The molecule has 0 fully saturated rings. The highest BCUT2D eigenvalue weighted by atomic mass is 16.6. The van der Waals surface area contributed by atoms with Crippen molar-refractivity contribution in [3.05, 3.63) is 36.0 Å². The third-order valence-electron chi connectivity index (χ3n) is 3.01. The molecule has 1 unspecified atom stereocenters. The second-order valence-corrected chi connectivity index (χ2v) is 4.75. The van der Waals surface area contributed by atoms with E-state index in [9.17, 15) is 4.79 Å². The summed E-state index contributed by atoms with van der Waals surface area (Å²) in [5, 5.41) is 13.7. The van der Waals surface area contributed by atoms with Gasteiger partial charge in [0.25, 0.3) is 5.91 Å². The van der Waals surface area contributed by atoms with E-state index in [1.165, 1.54) is 0 Å². The topological polar surface area (TPSA) is 100 Å². The number of carbonyl (C=O) groups excluding carboxylic acids is 1. The summed E-state index contributed by atoms with van der Waals surface area (Å²) < 4.78 is 0. The van der Waals surface area contributed by atoms with E-state index >= 15 is 0 Å². The Bertz CT molecular complexity index is 441. The van der Waals surface area contributed by atoms with Crippen LogP contribution in [-0.2, 0) is 9.63 Å². The van der Waals surface area contributed by atoms with Crippen molar-refractivity contribution in [2.24, 2.45) is 5.90 Å². The molecule has 5 N–H and O–H groups in total. The fourth-order valence-corrected chi connectivity index (χ4v) is 1.90. The van der Waals surface area contributed by atoms with Gasteiger partial charge in [-0.15, -0.1) is 0 Å². The molecule has 116 valence electrons. The van der Waals surface area contributed by atoms with Crippen LogP contribution in [0.25, 0.3) is 0 Å². The molecule has 0 saturated heterocycles. The van der Waals surface area contributed by atoms with Crippen LogP contribution >= 0.6 is 0 Å². The smallest absolute Gasteiger partial charge is 0.250 e. The van der Waals surface area contributed by atoms with Gasteiger partial charge in [-0.2, -0.15) is 0 Å². The highest BCUT2D eigenvalue weighted by molar-refractivity contribution is 5.96. The zero-order valence-electron chi connectivity index (χ0n) is 12.4. The van der Waals surface area contributed by atoms with Gasteiger partial charge >= 0.3 is 0 Å². The monoisotopic (exact) mass is 292 g/mol. The maximum Gasteiger partial charge on any atom is 0.250 e. The fraction of sp³-hybridized carbons (Fsp3) is 0.467. The molecule has 6 nitrogen and oxygen atoms in total. The van der Waals surface area contributed by atoms with E-state index in [1.807, 2.05) is 31.2 Å². The van der Waals surface area contributed by atoms with Gasteiger partial charge in [-0.3, -0.25) is 4.79 Å². The summed E-state index contributed by atoms with van der Waals surface area (Å²) in [5.74, 6) is 4.83. The van der Waals surface area contributed by atoms with Crippen molar-refractivity contribution < 1.29 is 9.63 Å². The Kier molecular flexibility index (Phi) is 8.27. The number of amides is 1. The summed E-state index contributed by atoms with van der Waals surface area (Å²) >= 11 is 0. The second kappa shape index (κ2) is 10.0. The number of allylic oxidation sites excluding steroid dienone is 1. The zero-order chi connectivity index (χ0) is 15.5. The molecule has 1 aliphatic rings. The molecule has 0 spiro atoms. The van der Waals surface area contributed by atoms with Gasteiger partial charge in [0.15, 0.2) is 0 Å². The van der Waals surface area contributed by atoms with E-state index in [1.54, 1.807) is 6.08 Å². The largest absolute Gasteiger partial charge is 0.352 e. The van der Waals surface area contributed by atoms with Gasteiger partial charge in [-0.05, 0) is 25.8 Å². The van der Waals surface area contributed by atoms with E-state index in [2.05, 4.69) is 15.5 Å². The standard InChI is InChI=1S/C15H24N4O2/c1-2-4-13(16)11-19-14-7-5-12(6-8-14)15(20)18-9-3-10-21-17/h2,4-7,14,16,19H,3,8-11,17H2,1H3,(H,18,20)/b4-2-,16-13?. The van der Waals surface area contributed by atoms with Gasteiger partial charge in [0.05, 0.1) is 6.61 Å². The maximum absolute atomic E-state index is 11.9. The highest BCUT2D eigenvalue weighted by Crippen LogP contribution is 2.10. The molecule has 0 aromatic rings. The van der Waals surface area contributed by atoms with Crippen molar-refractivity contribution in [3.63, 3.8) is 0 Å². The van der Waals surface area contributed by atoms with E-state index < -0.39 is 0 Å². The van der Waals surface area contributed by atoms with E-state index in [0.717, 1.165) is 6.42 Å². The Hall–Kier alpha value is -1.76. The van der Waals surface area contributed by atoms with E-state index in [-0.39, 0.29) is 11.9 Å². The zero-order valence-corrected chi connectivity index (χ0v) is 12.4. The summed E-state index contributed by atoms with van der Waals surface area (Å²) in [7, 11) is 0. The molecule has 0 radical (unpaired) electrons. The van der Waals surface area contributed by atoms with E-state index in [4.69, 9.17) is 11.3 Å². The minimum absolute atomic E-state index is 0.0802. The first kappa shape index (κ1) is 17.3. The molecule has 0 bridgehead atoms. The van der Waals surface area contributed by atoms with Crippen molar-refractivity contribution in [3.8, 4) is 0 Å². The first-order valence-corrected chi connectivity index (χ1v) is 7.09. The molecule has 0 aliphatic heterocycles. The Morgan fingerprint density at radius 3 is 3.05 bits per heavy atom. The van der Waals surface area contributed by atoms with Gasteiger partial charge in [-0.1, -0.05) is 24.3 Å². The number of hydrogen-bond acceptors (Lipinski definition) is 5. The molecule has 1 rings (SSSR count). The molecular weight excluding hydrogens is 268 g/mol. The number of nitrogens with two attached hydrogens (primary N) is 1. The summed E-state index contributed by atoms with van der Waals surface area (Å²) in [6, 6.07) is 0.165. The van der Waals surface area contributed by atoms with Crippen LogP contribution in [0.15, 0.2) is 36.0 Å². The van der Waals surface area contributed by atoms with Gasteiger partial charge in [0, 0.05) is 30.4 Å². The normalized spacial score (nSPS) is 17.8. The third-order valence-corrected chi connectivity index (χ3v) is 3.01. The molecule has 0 aromatic heterocycles. The first-order chi connectivity index (χ1) is 10.2. The molecule has 1 atom stereocenters.